The molecule has 3 N–H and O–H groups in total. The number of benzene rings is 1. The number of Topliss-reactive ketones (excluding diaryl/α,β-unsaturated/α-hetero) is 2. The summed E-state index contributed by atoms with van der Waals surface area (Å²) in [4.78, 5) is 36.4. The van der Waals surface area contributed by atoms with Gasteiger partial charge in [0.25, 0.3) is 5.78 Å². The number of ketones is 2. The van der Waals surface area contributed by atoms with Gasteiger partial charge in [0.15, 0.2) is 6.29 Å². The first kappa shape index (κ1) is 22.2. The van der Waals surface area contributed by atoms with Crippen LogP contribution < -0.4 is 10.6 Å². The summed E-state index contributed by atoms with van der Waals surface area (Å²) < 4.78 is 0. The van der Waals surface area contributed by atoms with Gasteiger partial charge in [0.05, 0.1) is 6.67 Å². The third-order valence-electron chi connectivity index (χ3n) is 4.87. The van der Waals surface area contributed by atoms with Crippen LogP contribution in [0.15, 0.2) is 12.1 Å². The number of rotatable bonds is 5. The average molecular weight is 389 g/mol. The largest absolute Gasteiger partial charge is 0.507 e. The number of hydrogen-bond acceptors (Lipinski definition) is 7. The summed E-state index contributed by atoms with van der Waals surface area (Å²) in [6, 6.07) is 3.89. The smallest absolute Gasteiger partial charge is 0.263 e. The van der Waals surface area contributed by atoms with Gasteiger partial charge in [-0.2, -0.15) is 0 Å². The molecular formula is C21H31N3O4. The molecule has 7 heteroatoms. The van der Waals surface area contributed by atoms with E-state index in [1.54, 1.807) is 4.90 Å². The molecule has 1 atom stereocenters. The quantitative estimate of drug-likeness (QED) is 0.399. The van der Waals surface area contributed by atoms with E-state index < -0.39 is 17.7 Å². The van der Waals surface area contributed by atoms with Gasteiger partial charge < -0.3 is 5.11 Å². The van der Waals surface area contributed by atoms with Crippen molar-refractivity contribution in [1.29, 1.82) is 0 Å². The highest BCUT2D eigenvalue weighted by atomic mass is 16.3. The maximum Gasteiger partial charge on any atom is 0.263 e. The topological polar surface area (TPSA) is 98.7 Å². The molecule has 0 saturated carbocycles. The van der Waals surface area contributed by atoms with Gasteiger partial charge in [-0.05, 0) is 27.5 Å². The van der Waals surface area contributed by atoms with E-state index >= 15 is 0 Å². The number of aromatic hydroxyl groups is 1. The summed E-state index contributed by atoms with van der Waals surface area (Å²) in [5.41, 5.74) is 2.07. The minimum atomic E-state index is -1.04. The van der Waals surface area contributed by atoms with E-state index in [0.717, 1.165) is 16.7 Å². The van der Waals surface area contributed by atoms with Crippen molar-refractivity contribution in [3.05, 3.63) is 28.8 Å². The Kier molecular flexibility index (Phi) is 6.43. The second-order valence-corrected chi connectivity index (χ2v) is 9.32. The Morgan fingerprint density at radius 3 is 2.14 bits per heavy atom. The molecule has 0 aliphatic carbocycles. The Labute approximate surface area is 166 Å². The zero-order valence-electron chi connectivity index (χ0n) is 17.5. The van der Waals surface area contributed by atoms with Crippen LogP contribution >= 0.6 is 0 Å². The van der Waals surface area contributed by atoms with Crippen LogP contribution in [0.25, 0.3) is 0 Å². The SMILES string of the molecule is CC(C)(C)c1cc(CN2CNCNC2C(=O)C(=O)C=O)cc(C(C)(C)C)c1O. The van der Waals surface area contributed by atoms with Crippen LogP contribution in [-0.2, 0) is 31.8 Å². The molecule has 154 valence electrons. The van der Waals surface area contributed by atoms with Crippen LogP contribution in [0.3, 0.4) is 0 Å². The van der Waals surface area contributed by atoms with Crippen LogP contribution in [0, 0.1) is 0 Å². The van der Waals surface area contributed by atoms with Gasteiger partial charge in [0.1, 0.15) is 11.9 Å². The van der Waals surface area contributed by atoms with Crippen molar-refractivity contribution in [1.82, 2.24) is 15.5 Å². The van der Waals surface area contributed by atoms with E-state index in [2.05, 4.69) is 10.6 Å². The van der Waals surface area contributed by atoms with Crippen molar-refractivity contribution < 1.29 is 19.5 Å². The minimum absolute atomic E-state index is 0.0558. The van der Waals surface area contributed by atoms with Crippen LogP contribution in [-0.4, -0.2) is 47.4 Å². The summed E-state index contributed by atoms with van der Waals surface area (Å²) in [6.07, 6.45) is -0.802. The zero-order valence-corrected chi connectivity index (χ0v) is 17.5. The minimum Gasteiger partial charge on any atom is -0.507 e. The van der Waals surface area contributed by atoms with E-state index in [1.807, 2.05) is 53.7 Å². The van der Waals surface area contributed by atoms with Crippen LogP contribution in [0.5, 0.6) is 5.75 Å². The van der Waals surface area contributed by atoms with E-state index in [9.17, 15) is 19.5 Å². The van der Waals surface area contributed by atoms with Crippen molar-refractivity contribution in [2.24, 2.45) is 0 Å². The van der Waals surface area contributed by atoms with Crippen molar-refractivity contribution in [2.45, 2.75) is 65.1 Å². The van der Waals surface area contributed by atoms with Crippen molar-refractivity contribution in [3.63, 3.8) is 0 Å². The normalized spacial score (nSPS) is 18.7. The number of carbonyl (C=O) groups excluding carboxylic acids is 3. The number of nitrogens with zero attached hydrogens (tertiary/aromatic N) is 1. The van der Waals surface area contributed by atoms with Gasteiger partial charge in [-0.25, -0.2) is 0 Å². The number of aldehydes is 1. The molecule has 1 saturated heterocycles. The Hall–Kier alpha value is -2.09. The standard InChI is InChI=1S/C21H31N3O4/c1-20(2,3)14-7-13(8-15(17(14)27)21(4,5)6)9-24-12-22-11-23-19(24)18(28)16(26)10-25/h7-8,10,19,22-23,27H,9,11-12H2,1-6H3. The van der Waals surface area contributed by atoms with Gasteiger partial charge in [0.2, 0.25) is 5.78 Å². The molecule has 1 aliphatic rings. The molecule has 2 rings (SSSR count). The van der Waals surface area contributed by atoms with Gasteiger partial charge in [0, 0.05) is 13.2 Å². The van der Waals surface area contributed by atoms with Crippen LogP contribution in [0.1, 0.15) is 58.2 Å². The fourth-order valence-corrected chi connectivity index (χ4v) is 3.35. The predicted molar refractivity (Wildman–Crippen MR) is 107 cm³/mol. The molecule has 1 aromatic rings. The second kappa shape index (κ2) is 8.11. The van der Waals surface area contributed by atoms with Crippen molar-refractivity contribution >= 4 is 17.9 Å². The predicted octanol–water partition coefficient (Wildman–Crippen LogP) is 1.56. The number of phenols is 1. The highest BCUT2D eigenvalue weighted by Crippen LogP contribution is 2.40. The second-order valence-electron chi connectivity index (χ2n) is 9.32. The highest BCUT2D eigenvalue weighted by molar-refractivity contribution is 6.58. The molecule has 1 fully saturated rings. The summed E-state index contributed by atoms with van der Waals surface area (Å²) >= 11 is 0. The summed E-state index contributed by atoms with van der Waals surface area (Å²) in [7, 11) is 0. The third-order valence-corrected chi connectivity index (χ3v) is 4.87. The number of phenolic OH excluding ortho intramolecular Hbond substituents is 1. The molecule has 1 aromatic carbocycles. The lowest BCUT2D eigenvalue weighted by Gasteiger charge is -2.36. The fraction of sp³-hybridized carbons (Fsp3) is 0.571. The van der Waals surface area contributed by atoms with Gasteiger partial charge >= 0.3 is 0 Å². The molecule has 1 heterocycles. The monoisotopic (exact) mass is 389 g/mol. The first-order valence-electron chi connectivity index (χ1n) is 9.44. The van der Waals surface area contributed by atoms with Gasteiger partial charge in [-0.1, -0.05) is 53.7 Å². The van der Waals surface area contributed by atoms with E-state index in [4.69, 9.17) is 0 Å². The molecule has 1 unspecified atom stereocenters. The number of nitrogens with one attached hydrogen (secondary N) is 2. The lowest BCUT2D eigenvalue weighted by molar-refractivity contribution is -0.144. The third kappa shape index (κ3) is 4.84. The summed E-state index contributed by atoms with van der Waals surface area (Å²) in [5, 5.41) is 16.9. The molecule has 0 bridgehead atoms. The molecule has 1 aliphatic heterocycles. The Morgan fingerprint density at radius 1 is 1.14 bits per heavy atom. The van der Waals surface area contributed by atoms with Crippen LogP contribution in [0.4, 0.5) is 0 Å². The lowest BCUT2D eigenvalue weighted by atomic mass is 9.78. The zero-order chi connectivity index (χ0) is 21.3. The molecule has 7 nitrogen and oxygen atoms in total. The first-order valence-corrected chi connectivity index (χ1v) is 9.44. The number of carbonyl (C=O) groups is 3. The summed E-state index contributed by atoms with van der Waals surface area (Å²) in [5.74, 6) is -1.51. The summed E-state index contributed by atoms with van der Waals surface area (Å²) in [6.45, 7) is 13.4. The maximum absolute atomic E-state index is 12.3. The van der Waals surface area contributed by atoms with E-state index in [1.165, 1.54) is 0 Å². The van der Waals surface area contributed by atoms with Gasteiger partial charge in [-0.15, -0.1) is 0 Å². The molecule has 0 aromatic heterocycles. The highest BCUT2D eigenvalue weighted by Gasteiger charge is 2.33. The fourth-order valence-electron chi connectivity index (χ4n) is 3.35. The molecule has 0 spiro atoms. The molecule has 28 heavy (non-hydrogen) atoms. The van der Waals surface area contributed by atoms with Gasteiger partial charge in [-0.3, -0.25) is 29.9 Å². The Balaban J connectivity index is 2.45. The first-order chi connectivity index (χ1) is 12.9. The van der Waals surface area contributed by atoms with Crippen LogP contribution in [0.2, 0.25) is 0 Å². The maximum atomic E-state index is 12.3. The average Bonchev–Trinajstić information content (AvgIpc) is 2.60. The Morgan fingerprint density at radius 2 is 1.68 bits per heavy atom. The van der Waals surface area contributed by atoms with E-state index in [-0.39, 0.29) is 17.1 Å². The number of hydrogen-bond donors (Lipinski definition) is 3. The molecular weight excluding hydrogens is 358 g/mol. The molecule has 0 amide bonds. The lowest BCUT2D eigenvalue weighted by Crippen LogP contribution is -2.62. The molecule has 0 radical (unpaired) electrons. The van der Waals surface area contributed by atoms with Crippen molar-refractivity contribution in [3.8, 4) is 5.75 Å². The van der Waals surface area contributed by atoms with E-state index in [0.29, 0.717) is 25.6 Å². The Bertz CT molecular complexity index is 740. The van der Waals surface area contributed by atoms with Crippen molar-refractivity contribution in [2.75, 3.05) is 13.3 Å².